The number of carbonyl (C=O) groups is 1. The molecule has 0 aromatic carbocycles. The summed E-state index contributed by atoms with van der Waals surface area (Å²) in [6.07, 6.45) is 13.3. The minimum atomic E-state index is -0.175. The van der Waals surface area contributed by atoms with Crippen LogP contribution in [0.3, 0.4) is 0 Å². The van der Waals surface area contributed by atoms with Crippen molar-refractivity contribution in [1.29, 1.82) is 0 Å². The highest BCUT2D eigenvalue weighted by Crippen LogP contribution is 2.68. The molecule has 0 heterocycles. The van der Waals surface area contributed by atoms with Gasteiger partial charge in [-0.25, -0.2) is 0 Å². The van der Waals surface area contributed by atoms with Crippen LogP contribution in [-0.4, -0.2) is 28.7 Å². The summed E-state index contributed by atoms with van der Waals surface area (Å²) in [5, 5.41) is 21.6. The van der Waals surface area contributed by atoms with Gasteiger partial charge in [0.1, 0.15) is 6.29 Å². The van der Waals surface area contributed by atoms with Crippen molar-refractivity contribution in [2.45, 2.75) is 111 Å². The number of fused-ring (bicyclic) bond motifs is 5. The summed E-state index contributed by atoms with van der Waals surface area (Å²) in [6.45, 7) is 9.54. The summed E-state index contributed by atoms with van der Waals surface area (Å²) in [5.41, 5.74) is 0.689. The van der Waals surface area contributed by atoms with E-state index in [0.717, 1.165) is 50.7 Å². The molecule has 172 valence electrons. The fraction of sp³-hybridized carbons (Fsp3) is 0.963. The van der Waals surface area contributed by atoms with E-state index in [1.165, 1.54) is 32.1 Å². The van der Waals surface area contributed by atoms with Gasteiger partial charge in [-0.05, 0) is 104 Å². The van der Waals surface area contributed by atoms with Crippen molar-refractivity contribution in [1.82, 2.24) is 0 Å². The van der Waals surface area contributed by atoms with Gasteiger partial charge in [0.05, 0.1) is 12.2 Å². The quantitative estimate of drug-likeness (QED) is 0.551. The molecule has 0 aromatic rings. The molecule has 0 aliphatic heterocycles. The molecule has 3 unspecified atom stereocenters. The summed E-state index contributed by atoms with van der Waals surface area (Å²) >= 11 is 0. The Morgan fingerprint density at radius 2 is 1.63 bits per heavy atom. The zero-order valence-electron chi connectivity index (χ0n) is 19.9. The molecule has 3 heteroatoms. The normalized spacial score (nSPS) is 50.1. The number of carbonyl (C=O) groups excluding carboxylic acids is 1. The minimum Gasteiger partial charge on any atom is -0.393 e. The topological polar surface area (TPSA) is 57.5 Å². The second-order valence-corrected chi connectivity index (χ2v) is 12.5. The Morgan fingerprint density at radius 1 is 0.933 bits per heavy atom. The molecule has 0 aromatic heterocycles. The van der Waals surface area contributed by atoms with Crippen LogP contribution in [0.2, 0.25) is 0 Å². The molecule has 4 aliphatic rings. The first-order valence-corrected chi connectivity index (χ1v) is 13.0. The lowest BCUT2D eigenvalue weighted by Gasteiger charge is -2.62. The third-order valence-electron chi connectivity index (χ3n) is 11.0. The summed E-state index contributed by atoms with van der Waals surface area (Å²) in [5.74, 6) is 3.94. The SMILES string of the molecule is CC(C=O)CCC[C@@H](C)[C@H]1CC[C@H]2[C@H]3C(CCC12C)[C@@]1(C)CC[C@@H](O)C[C@H]1C[C@H]3O. The van der Waals surface area contributed by atoms with Crippen molar-refractivity contribution in [3.05, 3.63) is 0 Å². The lowest BCUT2D eigenvalue weighted by atomic mass is 9.43. The molecule has 2 N–H and O–H groups in total. The van der Waals surface area contributed by atoms with E-state index in [4.69, 9.17) is 0 Å². The standard InChI is InChI=1S/C27H46O3/c1-17(16-28)6-5-7-18(2)21-8-9-22-25-23(11-13-27(21,22)4)26(3)12-10-20(29)14-19(26)15-24(25)30/h16-25,29-30H,5-15H2,1-4H3/t17?,18-,19+,20-,21-,22+,23?,24-,25+,26+,27?/m1/s1. The summed E-state index contributed by atoms with van der Waals surface area (Å²) in [4.78, 5) is 10.9. The van der Waals surface area contributed by atoms with E-state index < -0.39 is 0 Å². The van der Waals surface area contributed by atoms with Gasteiger partial charge in [0.15, 0.2) is 0 Å². The van der Waals surface area contributed by atoms with Crippen LogP contribution in [0.5, 0.6) is 0 Å². The second kappa shape index (κ2) is 8.50. The van der Waals surface area contributed by atoms with Crippen LogP contribution in [0.15, 0.2) is 0 Å². The Labute approximate surface area is 184 Å². The van der Waals surface area contributed by atoms with E-state index in [2.05, 4.69) is 20.8 Å². The van der Waals surface area contributed by atoms with Crippen molar-refractivity contribution < 1.29 is 15.0 Å². The number of hydrogen-bond acceptors (Lipinski definition) is 3. The Bertz CT molecular complexity index is 619. The van der Waals surface area contributed by atoms with E-state index in [9.17, 15) is 15.0 Å². The van der Waals surface area contributed by atoms with Gasteiger partial charge in [-0.15, -0.1) is 0 Å². The number of rotatable bonds is 6. The highest BCUT2D eigenvalue weighted by atomic mass is 16.3. The van der Waals surface area contributed by atoms with Crippen LogP contribution in [0.1, 0.15) is 98.3 Å². The molecule has 30 heavy (non-hydrogen) atoms. The number of hydrogen-bond donors (Lipinski definition) is 2. The highest BCUT2D eigenvalue weighted by molar-refractivity contribution is 5.52. The largest absolute Gasteiger partial charge is 0.393 e. The van der Waals surface area contributed by atoms with Crippen molar-refractivity contribution in [2.24, 2.45) is 52.3 Å². The molecule has 4 saturated carbocycles. The Morgan fingerprint density at radius 3 is 2.37 bits per heavy atom. The van der Waals surface area contributed by atoms with Gasteiger partial charge < -0.3 is 15.0 Å². The lowest BCUT2D eigenvalue weighted by Crippen LogP contribution is -2.58. The first-order chi connectivity index (χ1) is 14.2. The molecule has 11 atom stereocenters. The summed E-state index contributed by atoms with van der Waals surface area (Å²) in [7, 11) is 0. The molecular weight excluding hydrogens is 372 g/mol. The van der Waals surface area contributed by atoms with E-state index >= 15 is 0 Å². The van der Waals surface area contributed by atoms with Crippen LogP contribution in [0, 0.1) is 52.3 Å². The predicted octanol–water partition coefficient (Wildman–Crippen LogP) is 5.62. The van der Waals surface area contributed by atoms with Gasteiger partial charge in [0.2, 0.25) is 0 Å². The number of aliphatic hydroxyl groups excluding tert-OH is 2. The van der Waals surface area contributed by atoms with Gasteiger partial charge >= 0.3 is 0 Å². The smallest absolute Gasteiger partial charge is 0.122 e. The molecule has 4 fully saturated rings. The van der Waals surface area contributed by atoms with Crippen molar-refractivity contribution in [2.75, 3.05) is 0 Å². The summed E-state index contributed by atoms with van der Waals surface area (Å²) in [6, 6.07) is 0. The maximum absolute atomic E-state index is 11.3. The second-order valence-electron chi connectivity index (χ2n) is 12.5. The number of aldehydes is 1. The molecule has 3 nitrogen and oxygen atoms in total. The van der Waals surface area contributed by atoms with Crippen molar-refractivity contribution >= 4 is 6.29 Å². The van der Waals surface area contributed by atoms with Gasteiger partial charge in [-0.3, -0.25) is 0 Å². The minimum absolute atomic E-state index is 0.153. The van der Waals surface area contributed by atoms with Gasteiger partial charge in [0, 0.05) is 5.92 Å². The Kier molecular flexibility index (Phi) is 6.45. The fourth-order valence-corrected chi connectivity index (χ4v) is 9.21. The van der Waals surface area contributed by atoms with Crippen LogP contribution in [0.4, 0.5) is 0 Å². The molecule has 0 amide bonds. The molecule has 4 rings (SSSR count). The average molecular weight is 419 g/mol. The van der Waals surface area contributed by atoms with Crippen LogP contribution < -0.4 is 0 Å². The van der Waals surface area contributed by atoms with Crippen molar-refractivity contribution in [3.63, 3.8) is 0 Å². The van der Waals surface area contributed by atoms with E-state index in [0.29, 0.717) is 40.4 Å². The highest BCUT2D eigenvalue weighted by Gasteiger charge is 2.62. The van der Waals surface area contributed by atoms with Crippen molar-refractivity contribution in [3.8, 4) is 0 Å². The van der Waals surface area contributed by atoms with Gasteiger partial charge in [0.25, 0.3) is 0 Å². The molecule has 0 spiro atoms. The van der Waals surface area contributed by atoms with Gasteiger partial charge in [-0.1, -0.05) is 40.5 Å². The third kappa shape index (κ3) is 3.70. The fourth-order valence-electron chi connectivity index (χ4n) is 9.21. The van der Waals surface area contributed by atoms with Gasteiger partial charge in [-0.2, -0.15) is 0 Å². The summed E-state index contributed by atoms with van der Waals surface area (Å²) < 4.78 is 0. The zero-order valence-corrected chi connectivity index (χ0v) is 19.9. The predicted molar refractivity (Wildman–Crippen MR) is 121 cm³/mol. The van der Waals surface area contributed by atoms with Crippen LogP contribution >= 0.6 is 0 Å². The average Bonchev–Trinajstić information content (AvgIpc) is 3.06. The Hall–Kier alpha value is -0.410. The van der Waals surface area contributed by atoms with Crippen LogP contribution in [0.25, 0.3) is 0 Å². The number of aliphatic hydroxyl groups is 2. The van der Waals surface area contributed by atoms with E-state index in [1.54, 1.807) is 0 Å². The molecule has 0 radical (unpaired) electrons. The molecule has 0 saturated heterocycles. The molecular formula is C27H46O3. The first kappa shape index (κ1) is 22.8. The zero-order chi connectivity index (χ0) is 21.7. The maximum Gasteiger partial charge on any atom is 0.122 e. The van der Waals surface area contributed by atoms with E-state index in [1.807, 2.05) is 6.92 Å². The third-order valence-corrected chi connectivity index (χ3v) is 11.0. The monoisotopic (exact) mass is 418 g/mol. The first-order valence-electron chi connectivity index (χ1n) is 13.0. The lowest BCUT2D eigenvalue weighted by molar-refractivity contribution is -0.174. The Balaban J connectivity index is 1.48. The molecule has 0 bridgehead atoms. The maximum atomic E-state index is 11.3. The molecule has 4 aliphatic carbocycles. The van der Waals surface area contributed by atoms with E-state index in [-0.39, 0.29) is 18.1 Å². The van der Waals surface area contributed by atoms with Crippen LogP contribution in [-0.2, 0) is 4.79 Å².